The van der Waals surface area contributed by atoms with E-state index in [0.717, 1.165) is 76.4 Å². The van der Waals surface area contributed by atoms with Crippen LogP contribution in [-0.2, 0) is 24.7 Å². The van der Waals surface area contributed by atoms with Gasteiger partial charge in [0.05, 0.1) is 13.2 Å². The van der Waals surface area contributed by atoms with Crippen LogP contribution in [0.25, 0.3) is 22.8 Å². The summed E-state index contributed by atoms with van der Waals surface area (Å²) >= 11 is 15.0. The van der Waals surface area contributed by atoms with Gasteiger partial charge in [-0.3, -0.25) is 0 Å². The highest BCUT2D eigenvalue weighted by atomic mass is 35.5. The molecule has 244 valence electrons. The maximum atomic E-state index is 9.68. The second kappa shape index (κ2) is 17.6. The van der Waals surface area contributed by atoms with Gasteiger partial charge >= 0.3 is 0 Å². The van der Waals surface area contributed by atoms with Gasteiger partial charge in [-0.05, 0) is 49.2 Å². The summed E-state index contributed by atoms with van der Waals surface area (Å²) in [5.41, 5.74) is 7.45. The smallest absolute Gasteiger partial charge is 0.160 e. The molecule has 0 unspecified atom stereocenters. The number of halogens is 2. The van der Waals surface area contributed by atoms with Crippen LogP contribution in [-0.4, -0.2) is 30.1 Å². The van der Waals surface area contributed by atoms with E-state index in [-0.39, 0.29) is 13.2 Å². The van der Waals surface area contributed by atoms with Crippen LogP contribution in [0.3, 0.4) is 0 Å². The van der Waals surface area contributed by atoms with Crippen LogP contribution < -0.4 is 0 Å². The number of aromatic nitrogens is 4. The third-order valence-corrected chi connectivity index (χ3v) is 9.99. The maximum absolute atomic E-state index is 9.68. The molecule has 0 atom stereocenters. The zero-order valence-corrected chi connectivity index (χ0v) is 29.6. The molecule has 0 aliphatic heterocycles. The minimum atomic E-state index is -0.0656. The summed E-state index contributed by atoms with van der Waals surface area (Å²) in [6.45, 7) is 3.69. The van der Waals surface area contributed by atoms with Crippen molar-refractivity contribution < 1.29 is 10.2 Å². The lowest BCUT2D eigenvalue weighted by atomic mass is 10.2. The third-order valence-electron chi connectivity index (χ3n) is 7.31. The molecular formula is C38H34Cl2N4O2S2. The molecule has 6 aromatic rings. The normalized spacial score (nSPS) is 10.8. The Hall–Kier alpha value is -3.76. The van der Waals surface area contributed by atoms with Crippen molar-refractivity contribution in [1.82, 2.24) is 19.9 Å². The van der Waals surface area contributed by atoms with Crippen molar-refractivity contribution in [1.29, 1.82) is 0 Å². The molecule has 0 fully saturated rings. The van der Waals surface area contributed by atoms with Gasteiger partial charge in [0.1, 0.15) is 10.1 Å². The summed E-state index contributed by atoms with van der Waals surface area (Å²) in [6.07, 6.45) is 0. The third kappa shape index (κ3) is 9.66. The number of aliphatic hydroxyl groups is 2. The lowest BCUT2D eigenvalue weighted by molar-refractivity contribution is 0.276. The Bertz CT molecular complexity index is 1790. The number of benzene rings is 4. The number of hydrogen-bond acceptors (Lipinski definition) is 8. The lowest BCUT2D eigenvalue weighted by Crippen LogP contribution is -2.02. The molecule has 0 spiro atoms. The summed E-state index contributed by atoms with van der Waals surface area (Å²) < 4.78 is 0. The number of nitrogens with zero attached hydrogens (tertiary/aromatic N) is 4. The molecule has 2 heterocycles. The van der Waals surface area contributed by atoms with E-state index in [4.69, 9.17) is 23.2 Å². The fourth-order valence-corrected chi connectivity index (χ4v) is 6.96. The monoisotopic (exact) mass is 712 g/mol. The number of aryl methyl sites for hydroxylation is 2. The summed E-state index contributed by atoms with van der Waals surface area (Å²) in [5, 5.41) is 22.5. The first kappa shape index (κ1) is 35.5. The molecule has 0 radical (unpaired) electrons. The Morgan fingerprint density at radius 2 is 0.854 bits per heavy atom. The first-order valence-corrected chi connectivity index (χ1v) is 17.9. The predicted octanol–water partition coefficient (Wildman–Crippen LogP) is 9.78. The van der Waals surface area contributed by atoms with E-state index in [1.165, 1.54) is 0 Å². The molecule has 6 rings (SSSR count). The summed E-state index contributed by atoms with van der Waals surface area (Å²) in [7, 11) is 0. The first-order chi connectivity index (χ1) is 23.3. The number of thioether (sulfide) groups is 2. The highest BCUT2D eigenvalue weighted by Crippen LogP contribution is 2.30. The van der Waals surface area contributed by atoms with E-state index < -0.39 is 0 Å². The van der Waals surface area contributed by atoms with Gasteiger partial charge in [0.15, 0.2) is 11.6 Å². The van der Waals surface area contributed by atoms with Gasteiger partial charge in [0.2, 0.25) is 0 Å². The Morgan fingerprint density at radius 1 is 0.500 bits per heavy atom. The van der Waals surface area contributed by atoms with E-state index in [0.29, 0.717) is 11.6 Å². The molecule has 10 heteroatoms. The summed E-state index contributed by atoms with van der Waals surface area (Å²) in [4.78, 5) is 18.4. The van der Waals surface area contributed by atoms with Crippen LogP contribution in [0.1, 0.15) is 33.6 Å². The zero-order chi connectivity index (χ0) is 33.9. The Labute approximate surface area is 299 Å². The molecule has 0 saturated heterocycles. The Morgan fingerprint density at radius 3 is 1.19 bits per heavy atom. The van der Waals surface area contributed by atoms with Crippen LogP contribution in [0.15, 0.2) is 119 Å². The molecule has 0 aliphatic rings. The molecule has 0 aliphatic carbocycles. The van der Waals surface area contributed by atoms with Crippen molar-refractivity contribution in [3.8, 4) is 22.8 Å². The molecule has 48 heavy (non-hydrogen) atoms. The average Bonchev–Trinajstić information content (AvgIpc) is 3.12. The number of rotatable bonds is 10. The van der Waals surface area contributed by atoms with Crippen LogP contribution in [0.4, 0.5) is 0 Å². The predicted molar refractivity (Wildman–Crippen MR) is 198 cm³/mol. The van der Waals surface area contributed by atoms with Gasteiger partial charge in [-0.25, -0.2) is 19.9 Å². The maximum Gasteiger partial charge on any atom is 0.160 e. The Balaban J connectivity index is 0.000000188. The van der Waals surface area contributed by atoms with Crippen LogP contribution >= 0.6 is 46.7 Å². The van der Waals surface area contributed by atoms with E-state index in [2.05, 4.69) is 19.9 Å². The van der Waals surface area contributed by atoms with E-state index in [1.54, 1.807) is 23.5 Å². The second-order valence-corrected chi connectivity index (χ2v) is 13.5. The highest BCUT2D eigenvalue weighted by Gasteiger charge is 2.14. The topological polar surface area (TPSA) is 92.0 Å². The van der Waals surface area contributed by atoms with Crippen molar-refractivity contribution in [2.24, 2.45) is 0 Å². The van der Waals surface area contributed by atoms with E-state index in [9.17, 15) is 10.2 Å². The van der Waals surface area contributed by atoms with Gasteiger partial charge in [-0.15, -0.1) is 23.5 Å². The molecule has 0 amide bonds. The molecular weight excluding hydrogens is 679 g/mol. The lowest BCUT2D eigenvalue weighted by Gasteiger charge is -2.11. The Kier molecular flexibility index (Phi) is 13.0. The van der Waals surface area contributed by atoms with Crippen molar-refractivity contribution >= 4 is 46.7 Å². The summed E-state index contributed by atoms with van der Waals surface area (Å²) in [5.74, 6) is 2.89. The minimum absolute atomic E-state index is 0.0656. The summed E-state index contributed by atoms with van der Waals surface area (Å²) in [6, 6.07) is 35.3. The largest absolute Gasteiger partial charge is 0.392 e. The average molecular weight is 714 g/mol. The van der Waals surface area contributed by atoms with Gasteiger partial charge in [0.25, 0.3) is 0 Å². The number of hydrogen-bond donors (Lipinski definition) is 2. The van der Waals surface area contributed by atoms with Crippen molar-refractivity contribution in [3.05, 3.63) is 153 Å². The molecule has 2 aromatic heterocycles. The van der Waals surface area contributed by atoms with Crippen molar-refractivity contribution in [2.75, 3.05) is 0 Å². The van der Waals surface area contributed by atoms with Crippen LogP contribution in [0, 0.1) is 13.8 Å². The number of aliphatic hydroxyl groups excluding tert-OH is 2. The fraction of sp³-hybridized carbons (Fsp3) is 0.158. The quantitative estimate of drug-likeness (QED) is 0.107. The van der Waals surface area contributed by atoms with Crippen LogP contribution in [0.5, 0.6) is 0 Å². The van der Waals surface area contributed by atoms with Crippen molar-refractivity contribution in [3.63, 3.8) is 0 Å². The standard InChI is InChI=1S/2C19H17ClN2OS/c2*1-13-17(11-23)19(24-12-14-7-9-16(20)10-8-14)22-18(21-13)15-5-3-2-4-6-15/h2*2-10,23H,11-12H2,1H3. The first-order valence-electron chi connectivity index (χ1n) is 15.2. The fourth-order valence-electron chi connectivity index (χ4n) is 4.64. The molecule has 0 saturated carbocycles. The van der Waals surface area contributed by atoms with Crippen LogP contribution in [0.2, 0.25) is 10.0 Å². The SMILES string of the molecule is Cc1nc(-c2ccccc2)nc(SCc2ccc(Cl)cc2)c1CO.Cc1nc(-c2ccccc2)nc(SCc2ccc(Cl)cc2)c1CO. The zero-order valence-electron chi connectivity index (χ0n) is 26.5. The van der Waals surface area contributed by atoms with E-state index in [1.807, 2.05) is 123 Å². The van der Waals surface area contributed by atoms with Crippen molar-refractivity contribution in [2.45, 2.75) is 48.6 Å². The van der Waals surface area contributed by atoms with Gasteiger partial charge in [-0.1, -0.05) is 108 Å². The second-order valence-electron chi connectivity index (χ2n) is 10.7. The van der Waals surface area contributed by atoms with E-state index >= 15 is 0 Å². The molecule has 2 N–H and O–H groups in total. The highest BCUT2D eigenvalue weighted by molar-refractivity contribution is 7.98. The minimum Gasteiger partial charge on any atom is -0.392 e. The molecule has 0 bridgehead atoms. The van der Waals surface area contributed by atoms with Gasteiger partial charge < -0.3 is 10.2 Å². The molecule has 6 nitrogen and oxygen atoms in total. The van der Waals surface area contributed by atoms with Gasteiger partial charge in [-0.2, -0.15) is 0 Å². The molecule has 4 aromatic carbocycles. The van der Waals surface area contributed by atoms with Gasteiger partial charge in [0, 0.05) is 55.2 Å².